The van der Waals surface area contributed by atoms with Gasteiger partial charge in [-0.05, 0) is 12.1 Å². The lowest BCUT2D eigenvalue weighted by Crippen LogP contribution is -2.31. The normalized spacial score (nSPS) is 16.3. The summed E-state index contributed by atoms with van der Waals surface area (Å²) < 4.78 is 49.2. The first kappa shape index (κ1) is 18.4. The van der Waals surface area contributed by atoms with Crippen molar-refractivity contribution < 1.29 is 22.6 Å². The van der Waals surface area contributed by atoms with E-state index >= 15 is 0 Å². The van der Waals surface area contributed by atoms with Crippen molar-refractivity contribution in [2.24, 2.45) is 0 Å². The molecule has 0 atom stereocenters. The zero-order valence-electron chi connectivity index (χ0n) is 15.0. The molecule has 2 aromatic heterocycles. The summed E-state index contributed by atoms with van der Waals surface area (Å²) in [6.07, 6.45) is -2.86. The van der Waals surface area contributed by atoms with E-state index in [2.05, 4.69) is 19.9 Å². The van der Waals surface area contributed by atoms with Crippen LogP contribution in [0.25, 0.3) is 10.9 Å². The Labute approximate surface area is 168 Å². The maximum absolute atomic E-state index is 12.8. The highest BCUT2D eigenvalue weighted by atomic mass is 35.5. The van der Waals surface area contributed by atoms with Crippen molar-refractivity contribution in [2.75, 3.05) is 13.3 Å². The van der Waals surface area contributed by atoms with Gasteiger partial charge in [-0.25, -0.2) is 15.0 Å². The van der Waals surface area contributed by atoms with Crippen molar-refractivity contribution in [3.05, 3.63) is 52.2 Å². The molecule has 0 unspecified atom stereocenters. The molecule has 4 heterocycles. The van der Waals surface area contributed by atoms with Gasteiger partial charge in [-0.2, -0.15) is 13.2 Å². The first-order valence-electron chi connectivity index (χ1n) is 8.90. The summed E-state index contributed by atoms with van der Waals surface area (Å²) in [6.45, 7) is 1.70. The minimum atomic E-state index is -4.54. The number of alkyl halides is 3. The Morgan fingerprint density at radius 3 is 2.69 bits per heavy atom. The van der Waals surface area contributed by atoms with E-state index in [0.717, 1.165) is 10.9 Å². The summed E-state index contributed by atoms with van der Waals surface area (Å²) in [5.74, 6) is 0.210. The van der Waals surface area contributed by atoms with E-state index in [1.165, 1.54) is 6.20 Å². The number of hydrogen-bond donors (Lipinski definition) is 0. The van der Waals surface area contributed by atoms with E-state index in [1.54, 1.807) is 6.07 Å². The summed E-state index contributed by atoms with van der Waals surface area (Å²) in [5.41, 5.74) is 2.67. The van der Waals surface area contributed by atoms with Crippen LogP contribution in [0, 0.1) is 0 Å². The molecule has 0 N–H and O–H groups in total. The molecule has 1 aromatic carbocycles. The van der Waals surface area contributed by atoms with Gasteiger partial charge in [0, 0.05) is 54.8 Å². The van der Waals surface area contributed by atoms with Crippen molar-refractivity contribution in [3.8, 4) is 11.5 Å². The number of aromatic nitrogens is 3. The van der Waals surface area contributed by atoms with Gasteiger partial charge in [0.2, 0.25) is 12.6 Å². The van der Waals surface area contributed by atoms with Crippen LogP contribution in [0.15, 0.2) is 24.4 Å². The molecule has 0 bridgehead atoms. The molecule has 3 aromatic rings. The van der Waals surface area contributed by atoms with E-state index < -0.39 is 12.0 Å². The smallest absolute Gasteiger partial charge is 0.451 e. The van der Waals surface area contributed by atoms with Crippen LogP contribution in [-0.2, 0) is 25.7 Å². The molecule has 0 aliphatic carbocycles. The quantitative estimate of drug-likeness (QED) is 0.582. The van der Waals surface area contributed by atoms with Gasteiger partial charge in [0.05, 0.1) is 11.2 Å². The van der Waals surface area contributed by atoms with Gasteiger partial charge in [-0.3, -0.25) is 4.90 Å². The molecule has 0 saturated heterocycles. The second-order valence-electron chi connectivity index (χ2n) is 6.96. The molecule has 2 aliphatic heterocycles. The number of fused-ring (bicyclic) bond motifs is 3. The molecule has 6 nitrogen and oxygen atoms in total. The number of pyridine rings is 1. The zero-order valence-corrected chi connectivity index (χ0v) is 15.7. The van der Waals surface area contributed by atoms with Crippen molar-refractivity contribution in [1.29, 1.82) is 0 Å². The van der Waals surface area contributed by atoms with Gasteiger partial charge in [-0.15, -0.1) is 0 Å². The topological polar surface area (TPSA) is 60.4 Å². The lowest BCUT2D eigenvalue weighted by atomic mass is 10.1. The molecule has 0 spiro atoms. The van der Waals surface area contributed by atoms with E-state index in [0.29, 0.717) is 59.5 Å². The van der Waals surface area contributed by atoms with Crippen LogP contribution in [0.5, 0.6) is 11.5 Å². The number of ether oxygens (including phenoxy) is 2. The second-order valence-corrected chi connectivity index (χ2v) is 7.32. The van der Waals surface area contributed by atoms with Crippen LogP contribution < -0.4 is 9.47 Å². The third-order valence-electron chi connectivity index (χ3n) is 5.00. The first-order valence-corrected chi connectivity index (χ1v) is 9.28. The number of hydrogen-bond acceptors (Lipinski definition) is 6. The lowest BCUT2D eigenvalue weighted by Gasteiger charge is -2.28. The highest BCUT2D eigenvalue weighted by Crippen LogP contribution is 2.37. The average molecular weight is 423 g/mol. The number of halogens is 4. The van der Waals surface area contributed by atoms with E-state index in [-0.39, 0.29) is 6.79 Å². The highest BCUT2D eigenvalue weighted by Gasteiger charge is 2.35. The monoisotopic (exact) mass is 422 g/mol. The Kier molecular flexibility index (Phi) is 4.25. The molecular formula is C19H14ClF3N4O2. The van der Waals surface area contributed by atoms with E-state index in [4.69, 9.17) is 21.1 Å². The zero-order chi connectivity index (χ0) is 20.2. The van der Waals surface area contributed by atoms with E-state index in [1.807, 2.05) is 12.1 Å². The van der Waals surface area contributed by atoms with Crippen LogP contribution >= 0.6 is 11.6 Å². The summed E-state index contributed by atoms with van der Waals surface area (Å²) in [4.78, 5) is 13.7. The van der Waals surface area contributed by atoms with Gasteiger partial charge in [0.15, 0.2) is 11.5 Å². The molecule has 2 aliphatic rings. The van der Waals surface area contributed by atoms with Crippen LogP contribution in [0.1, 0.15) is 22.6 Å². The van der Waals surface area contributed by atoms with Crippen molar-refractivity contribution in [2.45, 2.75) is 25.7 Å². The van der Waals surface area contributed by atoms with Gasteiger partial charge >= 0.3 is 6.18 Å². The summed E-state index contributed by atoms with van der Waals surface area (Å²) in [6, 6.07) is 5.61. The fourth-order valence-corrected chi connectivity index (χ4v) is 3.79. The Morgan fingerprint density at radius 1 is 1.10 bits per heavy atom. The third kappa shape index (κ3) is 3.44. The Morgan fingerprint density at radius 2 is 1.90 bits per heavy atom. The SMILES string of the molecule is FC(F)(F)c1ncc2c(n1)CCN(Cc1cc3cc4c(cc3nc1Cl)OCO4)C2. The number of rotatable bonds is 2. The summed E-state index contributed by atoms with van der Waals surface area (Å²) in [7, 11) is 0. The van der Waals surface area contributed by atoms with Gasteiger partial charge in [0.25, 0.3) is 0 Å². The van der Waals surface area contributed by atoms with Gasteiger partial charge < -0.3 is 9.47 Å². The minimum Gasteiger partial charge on any atom is -0.454 e. The van der Waals surface area contributed by atoms with Crippen molar-refractivity contribution in [1.82, 2.24) is 19.9 Å². The van der Waals surface area contributed by atoms with Crippen LogP contribution in [-0.4, -0.2) is 33.2 Å². The summed E-state index contributed by atoms with van der Waals surface area (Å²) in [5, 5.41) is 1.26. The van der Waals surface area contributed by atoms with Crippen molar-refractivity contribution in [3.63, 3.8) is 0 Å². The standard InChI is InChI=1S/C19H14ClF3N4O2/c20-17-11(3-10-4-15-16(29-9-28-15)5-14(10)25-17)7-27-2-1-13-12(8-27)6-24-18(26-13)19(21,22)23/h3-6H,1-2,7-9H2. The molecule has 0 fully saturated rings. The predicted octanol–water partition coefficient (Wildman–Crippen LogP) is 3.98. The highest BCUT2D eigenvalue weighted by molar-refractivity contribution is 6.30. The molecule has 5 rings (SSSR count). The molecule has 29 heavy (non-hydrogen) atoms. The largest absolute Gasteiger partial charge is 0.454 e. The number of benzene rings is 1. The van der Waals surface area contributed by atoms with Gasteiger partial charge in [0.1, 0.15) is 5.15 Å². The minimum absolute atomic E-state index is 0.178. The Hall–Kier alpha value is -2.65. The molecular weight excluding hydrogens is 409 g/mol. The lowest BCUT2D eigenvalue weighted by molar-refractivity contribution is -0.145. The fourth-order valence-electron chi connectivity index (χ4n) is 3.58. The molecule has 150 valence electrons. The second kappa shape index (κ2) is 6.70. The predicted molar refractivity (Wildman–Crippen MR) is 97.7 cm³/mol. The first-order chi connectivity index (χ1) is 13.9. The molecule has 10 heteroatoms. The fraction of sp³-hybridized carbons (Fsp3) is 0.316. The average Bonchev–Trinajstić information content (AvgIpc) is 3.13. The Bertz CT molecular complexity index is 1120. The maximum Gasteiger partial charge on any atom is 0.451 e. The van der Waals surface area contributed by atoms with Gasteiger partial charge in [-0.1, -0.05) is 11.6 Å². The third-order valence-corrected chi connectivity index (χ3v) is 5.32. The number of nitrogens with zero attached hydrogens (tertiary/aromatic N) is 4. The van der Waals surface area contributed by atoms with Crippen LogP contribution in [0.4, 0.5) is 13.2 Å². The van der Waals surface area contributed by atoms with Crippen LogP contribution in [0.2, 0.25) is 5.15 Å². The molecule has 0 saturated carbocycles. The summed E-state index contributed by atoms with van der Waals surface area (Å²) >= 11 is 6.39. The van der Waals surface area contributed by atoms with Crippen LogP contribution in [0.3, 0.4) is 0 Å². The Balaban J connectivity index is 1.39. The van der Waals surface area contributed by atoms with Crippen molar-refractivity contribution >= 4 is 22.5 Å². The maximum atomic E-state index is 12.8. The van der Waals surface area contributed by atoms with E-state index in [9.17, 15) is 13.2 Å². The molecule has 0 radical (unpaired) electrons. The molecule has 0 amide bonds.